The molecule has 6 nitrogen and oxygen atoms in total. The molecule has 0 atom stereocenters. The number of fused-ring (bicyclic) bond motifs is 1. The predicted octanol–water partition coefficient (Wildman–Crippen LogP) is 2.50. The lowest BCUT2D eigenvalue weighted by Gasteiger charge is -2.06. The molecule has 102 valence electrons. The summed E-state index contributed by atoms with van der Waals surface area (Å²) < 4.78 is 1.74. The van der Waals surface area contributed by atoms with Crippen LogP contribution in [0, 0.1) is 0 Å². The van der Waals surface area contributed by atoms with Crippen molar-refractivity contribution in [1.29, 1.82) is 0 Å². The van der Waals surface area contributed by atoms with Crippen LogP contribution in [0.3, 0.4) is 0 Å². The maximum Gasteiger partial charge on any atom is 0.240 e. The summed E-state index contributed by atoms with van der Waals surface area (Å²) >= 11 is 1.55. The summed E-state index contributed by atoms with van der Waals surface area (Å²) in [6, 6.07) is 7.91. The molecule has 0 unspecified atom stereocenters. The van der Waals surface area contributed by atoms with Crippen LogP contribution in [0.5, 0.6) is 0 Å². The zero-order valence-corrected chi connectivity index (χ0v) is 11.7. The highest BCUT2D eigenvalue weighted by molar-refractivity contribution is 7.13. The van der Waals surface area contributed by atoms with Crippen LogP contribution in [0.25, 0.3) is 27.3 Å². The fourth-order valence-electron chi connectivity index (χ4n) is 2.22. The van der Waals surface area contributed by atoms with E-state index in [0.29, 0.717) is 5.65 Å². The monoisotopic (exact) mass is 294 g/mol. The maximum absolute atomic E-state index is 5.73. The van der Waals surface area contributed by atoms with Crippen LogP contribution in [0.2, 0.25) is 0 Å². The van der Waals surface area contributed by atoms with Gasteiger partial charge < -0.3 is 5.73 Å². The van der Waals surface area contributed by atoms with Gasteiger partial charge in [-0.2, -0.15) is 4.98 Å². The SMILES string of the molecule is Nc1nc2cc(-c3cccnc3)cc(-c3cncs3)n2n1. The quantitative estimate of drug-likeness (QED) is 0.614. The Morgan fingerprint density at radius 1 is 1.10 bits per heavy atom. The minimum atomic E-state index is 0.254. The van der Waals surface area contributed by atoms with Crippen molar-refractivity contribution >= 4 is 22.9 Å². The molecule has 0 aliphatic heterocycles. The molecule has 0 spiro atoms. The minimum absolute atomic E-state index is 0.254. The number of pyridine rings is 2. The summed E-state index contributed by atoms with van der Waals surface area (Å²) in [5, 5.41) is 4.25. The third-order valence-electron chi connectivity index (χ3n) is 3.13. The summed E-state index contributed by atoms with van der Waals surface area (Å²) in [7, 11) is 0. The Morgan fingerprint density at radius 2 is 2.05 bits per heavy atom. The summed E-state index contributed by atoms with van der Waals surface area (Å²) in [6.07, 6.45) is 5.38. The van der Waals surface area contributed by atoms with E-state index in [1.807, 2.05) is 36.7 Å². The lowest BCUT2D eigenvalue weighted by Crippen LogP contribution is -1.95. The number of nitrogens with two attached hydrogens (primary N) is 1. The lowest BCUT2D eigenvalue weighted by atomic mass is 10.1. The van der Waals surface area contributed by atoms with E-state index in [-0.39, 0.29) is 5.95 Å². The molecule has 0 radical (unpaired) electrons. The van der Waals surface area contributed by atoms with Crippen molar-refractivity contribution < 1.29 is 0 Å². The van der Waals surface area contributed by atoms with E-state index < -0.39 is 0 Å². The highest BCUT2D eigenvalue weighted by Crippen LogP contribution is 2.29. The number of anilines is 1. The molecule has 4 aromatic heterocycles. The Kier molecular flexibility index (Phi) is 2.65. The third-order valence-corrected chi connectivity index (χ3v) is 3.93. The van der Waals surface area contributed by atoms with Gasteiger partial charge in [0, 0.05) is 24.2 Å². The van der Waals surface area contributed by atoms with Crippen LogP contribution in [-0.4, -0.2) is 24.6 Å². The molecule has 0 aromatic carbocycles. The van der Waals surface area contributed by atoms with Gasteiger partial charge in [0.25, 0.3) is 0 Å². The summed E-state index contributed by atoms with van der Waals surface area (Å²) in [5.41, 5.74) is 11.2. The van der Waals surface area contributed by atoms with Crippen LogP contribution in [0.15, 0.2) is 48.4 Å². The summed E-state index contributed by atoms with van der Waals surface area (Å²) in [5.74, 6) is 0.254. The molecule has 0 fully saturated rings. The smallest absolute Gasteiger partial charge is 0.240 e. The first-order valence-electron chi connectivity index (χ1n) is 6.27. The molecular formula is C14H10N6S. The van der Waals surface area contributed by atoms with Gasteiger partial charge in [-0.25, -0.2) is 4.52 Å². The number of rotatable bonds is 2. The van der Waals surface area contributed by atoms with E-state index in [2.05, 4.69) is 20.1 Å². The van der Waals surface area contributed by atoms with Gasteiger partial charge in [-0.15, -0.1) is 16.4 Å². The molecule has 4 heterocycles. The molecule has 0 amide bonds. The Bertz CT molecular complexity index is 898. The number of aromatic nitrogens is 5. The van der Waals surface area contributed by atoms with Crippen LogP contribution >= 0.6 is 11.3 Å². The third kappa shape index (κ3) is 2.03. The van der Waals surface area contributed by atoms with E-state index in [1.165, 1.54) is 0 Å². The molecule has 0 saturated carbocycles. The van der Waals surface area contributed by atoms with Crippen molar-refractivity contribution in [3.05, 3.63) is 48.4 Å². The predicted molar refractivity (Wildman–Crippen MR) is 81.7 cm³/mol. The Morgan fingerprint density at radius 3 is 2.81 bits per heavy atom. The van der Waals surface area contributed by atoms with Crippen LogP contribution in [0.1, 0.15) is 0 Å². The number of nitrogen functional groups attached to an aromatic ring is 1. The van der Waals surface area contributed by atoms with E-state index in [1.54, 1.807) is 27.6 Å². The molecule has 0 aliphatic rings. The first kappa shape index (κ1) is 12.0. The lowest BCUT2D eigenvalue weighted by molar-refractivity contribution is 0.979. The molecule has 0 bridgehead atoms. The van der Waals surface area contributed by atoms with Crippen LogP contribution in [-0.2, 0) is 0 Å². The van der Waals surface area contributed by atoms with Gasteiger partial charge in [0.05, 0.1) is 16.1 Å². The maximum atomic E-state index is 5.73. The van der Waals surface area contributed by atoms with Crippen molar-refractivity contribution in [3.63, 3.8) is 0 Å². The molecule has 2 N–H and O–H groups in total. The van der Waals surface area contributed by atoms with Gasteiger partial charge in [-0.3, -0.25) is 9.97 Å². The van der Waals surface area contributed by atoms with Gasteiger partial charge in [-0.05, 0) is 23.8 Å². The van der Waals surface area contributed by atoms with Crippen molar-refractivity contribution in [3.8, 4) is 21.7 Å². The zero-order valence-electron chi connectivity index (χ0n) is 10.8. The minimum Gasteiger partial charge on any atom is -0.366 e. The first-order valence-corrected chi connectivity index (χ1v) is 7.15. The fourth-order valence-corrected chi connectivity index (χ4v) is 2.84. The van der Waals surface area contributed by atoms with E-state index in [0.717, 1.165) is 21.7 Å². The topological polar surface area (TPSA) is 82.0 Å². The molecule has 0 saturated heterocycles. The van der Waals surface area contributed by atoms with Gasteiger partial charge in [0.15, 0.2) is 5.65 Å². The van der Waals surface area contributed by atoms with Crippen molar-refractivity contribution in [2.75, 3.05) is 5.73 Å². The summed E-state index contributed by atoms with van der Waals surface area (Å²) in [6.45, 7) is 0. The Balaban J connectivity index is 2.02. The second-order valence-corrected chi connectivity index (χ2v) is 5.36. The Labute approximate surface area is 123 Å². The normalized spacial score (nSPS) is 11.0. The van der Waals surface area contributed by atoms with Crippen molar-refractivity contribution in [2.45, 2.75) is 0 Å². The summed E-state index contributed by atoms with van der Waals surface area (Å²) in [4.78, 5) is 13.6. The largest absolute Gasteiger partial charge is 0.366 e. The highest BCUT2D eigenvalue weighted by Gasteiger charge is 2.12. The van der Waals surface area contributed by atoms with Crippen LogP contribution in [0.4, 0.5) is 5.95 Å². The molecule has 7 heteroatoms. The molecule has 21 heavy (non-hydrogen) atoms. The number of thiazole rings is 1. The average molecular weight is 294 g/mol. The molecule has 4 aromatic rings. The van der Waals surface area contributed by atoms with Gasteiger partial charge in [0.2, 0.25) is 5.95 Å². The van der Waals surface area contributed by atoms with E-state index in [9.17, 15) is 0 Å². The highest BCUT2D eigenvalue weighted by atomic mass is 32.1. The number of nitrogens with zero attached hydrogens (tertiary/aromatic N) is 5. The second kappa shape index (κ2) is 4.64. The van der Waals surface area contributed by atoms with E-state index in [4.69, 9.17) is 5.73 Å². The van der Waals surface area contributed by atoms with Crippen molar-refractivity contribution in [1.82, 2.24) is 24.6 Å². The van der Waals surface area contributed by atoms with Gasteiger partial charge >= 0.3 is 0 Å². The Hall–Kier alpha value is -2.80. The van der Waals surface area contributed by atoms with Crippen LogP contribution < -0.4 is 5.73 Å². The standard InChI is InChI=1S/C14H10N6S/c15-14-18-13-5-10(9-2-1-3-16-6-9)4-11(20(13)19-14)12-7-17-8-21-12/h1-8H,(H2,15,19). The zero-order chi connectivity index (χ0) is 14.2. The number of hydrogen-bond donors (Lipinski definition) is 1. The average Bonchev–Trinajstić information content (AvgIpc) is 3.15. The van der Waals surface area contributed by atoms with Gasteiger partial charge in [0.1, 0.15) is 0 Å². The molecular weight excluding hydrogens is 284 g/mol. The molecule has 0 aliphatic carbocycles. The fraction of sp³-hybridized carbons (Fsp3) is 0. The van der Waals surface area contributed by atoms with Gasteiger partial charge in [-0.1, -0.05) is 6.07 Å². The second-order valence-electron chi connectivity index (χ2n) is 4.48. The molecule has 4 rings (SSSR count). The first-order chi connectivity index (χ1) is 10.3. The van der Waals surface area contributed by atoms with Crippen molar-refractivity contribution in [2.24, 2.45) is 0 Å². The van der Waals surface area contributed by atoms with E-state index >= 15 is 0 Å². The number of hydrogen-bond acceptors (Lipinski definition) is 6.